The third kappa shape index (κ3) is 5.54. The third-order valence-corrected chi connectivity index (χ3v) is 4.17. The van der Waals surface area contributed by atoms with E-state index in [1.807, 2.05) is 38.1 Å². The van der Waals surface area contributed by atoms with Crippen molar-refractivity contribution in [3.05, 3.63) is 47.5 Å². The Balaban J connectivity index is 1.95. The van der Waals surface area contributed by atoms with Crippen LogP contribution in [0.15, 0.2) is 36.4 Å². The van der Waals surface area contributed by atoms with Crippen LogP contribution in [0.25, 0.3) is 0 Å². The molecule has 0 aliphatic carbocycles. The average molecular weight is 373 g/mol. The molecule has 0 unspecified atom stereocenters. The molecule has 0 saturated heterocycles. The number of amides is 1. The Morgan fingerprint density at radius 2 is 1.52 bits per heavy atom. The number of rotatable bonds is 9. The fourth-order valence-corrected chi connectivity index (χ4v) is 2.59. The first-order chi connectivity index (χ1) is 13.0. The number of likely N-dealkylation sites (N-methyl/N-ethyl adjacent to an activating group) is 1. The van der Waals surface area contributed by atoms with Gasteiger partial charge in [-0.05, 0) is 61.4 Å². The normalized spacial score (nSPS) is 10.3. The van der Waals surface area contributed by atoms with Gasteiger partial charge in [0, 0.05) is 13.6 Å². The van der Waals surface area contributed by atoms with Gasteiger partial charge in [0.15, 0.2) is 18.1 Å². The molecule has 2 aromatic carbocycles. The fourth-order valence-electron chi connectivity index (χ4n) is 2.59. The lowest BCUT2D eigenvalue weighted by atomic mass is 10.1. The van der Waals surface area contributed by atoms with Gasteiger partial charge < -0.3 is 23.8 Å². The molecule has 0 fully saturated rings. The lowest BCUT2D eigenvalue weighted by Crippen LogP contribution is -2.31. The molecule has 0 bridgehead atoms. The third-order valence-electron chi connectivity index (χ3n) is 4.17. The van der Waals surface area contributed by atoms with E-state index in [9.17, 15) is 4.79 Å². The maximum atomic E-state index is 12.4. The number of carbonyl (C=O) groups excluding carboxylic acids is 1. The van der Waals surface area contributed by atoms with Crippen LogP contribution in [0.4, 0.5) is 0 Å². The summed E-state index contributed by atoms with van der Waals surface area (Å²) in [7, 11) is 4.95. The molecule has 2 aromatic rings. The number of carbonyl (C=O) groups is 1. The summed E-state index contributed by atoms with van der Waals surface area (Å²) in [6.45, 7) is 4.94. The van der Waals surface area contributed by atoms with Crippen LogP contribution >= 0.6 is 0 Å². The van der Waals surface area contributed by atoms with Crippen LogP contribution in [0.3, 0.4) is 0 Å². The van der Waals surface area contributed by atoms with Gasteiger partial charge in [-0.15, -0.1) is 0 Å². The predicted octanol–water partition coefficient (Wildman–Crippen LogP) is 3.45. The van der Waals surface area contributed by atoms with Crippen molar-refractivity contribution >= 4 is 5.91 Å². The van der Waals surface area contributed by atoms with Gasteiger partial charge in [0.25, 0.3) is 5.91 Å². The van der Waals surface area contributed by atoms with E-state index in [4.69, 9.17) is 18.9 Å². The average Bonchev–Trinajstić information content (AvgIpc) is 2.68. The molecule has 0 atom stereocenters. The second-order valence-corrected chi connectivity index (χ2v) is 6.08. The van der Waals surface area contributed by atoms with Gasteiger partial charge in [-0.3, -0.25) is 4.79 Å². The Morgan fingerprint density at radius 1 is 0.963 bits per heavy atom. The van der Waals surface area contributed by atoms with E-state index < -0.39 is 0 Å². The van der Waals surface area contributed by atoms with Gasteiger partial charge in [0.1, 0.15) is 11.5 Å². The number of methoxy groups -OCH3 is 2. The van der Waals surface area contributed by atoms with E-state index in [1.165, 1.54) is 0 Å². The summed E-state index contributed by atoms with van der Waals surface area (Å²) in [4.78, 5) is 14.0. The Labute approximate surface area is 160 Å². The van der Waals surface area contributed by atoms with Gasteiger partial charge >= 0.3 is 0 Å². The molecule has 0 radical (unpaired) electrons. The summed E-state index contributed by atoms with van der Waals surface area (Å²) >= 11 is 0. The maximum absolute atomic E-state index is 12.4. The van der Waals surface area contributed by atoms with E-state index >= 15 is 0 Å². The molecule has 0 heterocycles. The van der Waals surface area contributed by atoms with Crippen LogP contribution < -0.4 is 18.9 Å². The highest BCUT2D eigenvalue weighted by Gasteiger charge is 2.14. The monoisotopic (exact) mass is 373 g/mol. The van der Waals surface area contributed by atoms with Crippen molar-refractivity contribution < 1.29 is 23.7 Å². The van der Waals surface area contributed by atoms with E-state index in [2.05, 4.69) is 0 Å². The predicted molar refractivity (Wildman–Crippen MR) is 104 cm³/mol. The minimum absolute atomic E-state index is 0.0309. The number of benzene rings is 2. The highest BCUT2D eigenvalue weighted by molar-refractivity contribution is 5.77. The fraction of sp³-hybridized carbons (Fsp3) is 0.381. The van der Waals surface area contributed by atoms with Gasteiger partial charge in [-0.1, -0.05) is 0 Å². The number of ether oxygens (including phenoxy) is 4. The molecule has 0 aliphatic heterocycles. The first kappa shape index (κ1) is 20.4. The lowest BCUT2D eigenvalue weighted by molar-refractivity contribution is -0.132. The van der Waals surface area contributed by atoms with Crippen molar-refractivity contribution in [3.8, 4) is 23.0 Å². The molecule has 6 heteroatoms. The molecule has 146 valence electrons. The summed E-state index contributed by atoms with van der Waals surface area (Å²) in [5, 5.41) is 0. The van der Waals surface area contributed by atoms with Gasteiger partial charge in [-0.2, -0.15) is 0 Å². The Hall–Kier alpha value is -2.89. The second kappa shape index (κ2) is 9.71. The molecule has 0 N–H and O–H groups in total. The highest BCUT2D eigenvalue weighted by atomic mass is 16.5. The number of nitrogens with zero attached hydrogens (tertiary/aromatic N) is 1. The highest BCUT2D eigenvalue weighted by Crippen LogP contribution is 2.30. The molecule has 0 saturated carbocycles. The van der Waals surface area contributed by atoms with E-state index in [1.54, 1.807) is 38.3 Å². The number of hydrogen-bond acceptors (Lipinski definition) is 5. The largest absolute Gasteiger partial charge is 0.494 e. The van der Waals surface area contributed by atoms with Crippen molar-refractivity contribution in [2.75, 3.05) is 34.5 Å². The molecule has 0 aromatic heterocycles. The van der Waals surface area contributed by atoms with Gasteiger partial charge in [0.05, 0.1) is 20.8 Å². The van der Waals surface area contributed by atoms with Crippen molar-refractivity contribution in [1.29, 1.82) is 0 Å². The van der Waals surface area contributed by atoms with E-state index in [0.29, 0.717) is 30.4 Å². The van der Waals surface area contributed by atoms with Crippen LogP contribution in [-0.2, 0) is 11.3 Å². The number of aryl methyl sites for hydroxylation is 1. The van der Waals surface area contributed by atoms with Crippen molar-refractivity contribution in [2.24, 2.45) is 0 Å². The second-order valence-electron chi connectivity index (χ2n) is 6.08. The minimum Gasteiger partial charge on any atom is -0.494 e. The van der Waals surface area contributed by atoms with Crippen LogP contribution in [0.5, 0.6) is 23.0 Å². The first-order valence-corrected chi connectivity index (χ1v) is 8.79. The van der Waals surface area contributed by atoms with Crippen molar-refractivity contribution in [1.82, 2.24) is 4.90 Å². The van der Waals surface area contributed by atoms with Crippen molar-refractivity contribution in [2.45, 2.75) is 20.4 Å². The summed E-state index contributed by atoms with van der Waals surface area (Å²) in [5.74, 6) is 2.61. The van der Waals surface area contributed by atoms with E-state index in [-0.39, 0.29) is 12.5 Å². The molecule has 0 aliphatic rings. The Kier molecular flexibility index (Phi) is 7.34. The molecular formula is C21H27NO5. The SMILES string of the molecule is CCOc1ccc(OCC(=O)N(C)Cc2cc(OC)c(OC)cc2C)cc1. The minimum atomic E-state index is -0.113. The molecule has 6 nitrogen and oxygen atoms in total. The zero-order chi connectivity index (χ0) is 19.8. The van der Waals surface area contributed by atoms with Crippen LogP contribution in [0, 0.1) is 6.92 Å². The Bertz CT molecular complexity index is 758. The summed E-state index contributed by atoms with van der Waals surface area (Å²) < 4.78 is 21.6. The Morgan fingerprint density at radius 3 is 2.07 bits per heavy atom. The summed E-state index contributed by atoms with van der Waals surface area (Å²) in [5.41, 5.74) is 2.02. The molecule has 27 heavy (non-hydrogen) atoms. The lowest BCUT2D eigenvalue weighted by Gasteiger charge is -2.20. The zero-order valence-corrected chi connectivity index (χ0v) is 16.6. The molecule has 1 amide bonds. The topological polar surface area (TPSA) is 57.2 Å². The van der Waals surface area contributed by atoms with Crippen LogP contribution in [-0.4, -0.2) is 45.3 Å². The quantitative estimate of drug-likeness (QED) is 0.674. The zero-order valence-electron chi connectivity index (χ0n) is 16.6. The molecule has 0 spiro atoms. The molecule has 2 rings (SSSR count). The van der Waals surface area contributed by atoms with Gasteiger partial charge in [0.2, 0.25) is 0 Å². The van der Waals surface area contributed by atoms with Crippen molar-refractivity contribution in [3.63, 3.8) is 0 Å². The molecular weight excluding hydrogens is 346 g/mol. The summed E-state index contributed by atoms with van der Waals surface area (Å²) in [6, 6.07) is 11.0. The standard InChI is InChI=1S/C21H27NO5/c1-6-26-17-7-9-18(10-8-17)27-14-21(23)22(3)13-16-12-20(25-5)19(24-4)11-15(16)2/h7-12H,6,13-14H2,1-5H3. The maximum Gasteiger partial charge on any atom is 0.260 e. The first-order valence-electron chi connectivity index (χ1n) is 8.79. The summed E-state index contributed by atoms with van der Waals surface area (Å²) in [6.07, 6.45) is 0. The van der Waals surface area contributed by atoms with E-state index in [0.717, 1.165) is 16.9 Å². The van der Waals surface area contributed by atoms with Crippen LogP contribution in [0.1, 0.15) is 18.1 Å². The number of hydrogen-bond donors (Lipinski definition) is 0. The smallest absolute Gasteiger partial charge is 0.260 e. The van der Waals surface area contributed by atoms with Gasteiger partial charge in [-0.25, -0.2) is 0 Å². The van der Waals surface area contributed by atoms with Crippen LogP contribution in [0.2, 0.25) is 0 Å².